The highest BCUT2D eigenvalue weighted by Gasteiger charge is 2.75. The van der Waals surface area contributed by atoms with Crippen molar-refractivity contribution in [2.75, 3.05) is 13.2 Å². The van der Waals surface area contributed by atoms with Gasteiger partial charge in [0.25, 0.3) is 0 Å². The van der Waals surface area contributed by atoms with Crippen molar-refractivity contribution in [1.82, 2.24) is 0 Å². The van der Waals surface area contributed by atoms with Gasteiger partial charge in [-0.3, -0.25) is 9.59 Å². The van der Waals surface area contributed by atoms with E-state index in [0.717, 1.165) is 31.3 Å². The number of ether oxygens (including phenoxy) is 2. The van der Waals surface area contributed by atoms with Gasteiger partial charge in [0.1, 0.15) is 6.61 Å². The lowest BCUT2D eigenvalue weighted by Gasteiger charge is -2.31. The van der Waals surface area contributed by atoms with Crippen LogP contribution in [-0.4, -0.2) is 49.3 Å². The van der Waals surface area contributed by atoms with Crippen molar-refractivity contribution >= 4 is 11.9 Å². The Morgan fingerprint density at radius 2 is 1.22 bits per heavy atom. The third kappa shape index (κ3) is 12.6. The summed E-state index contributed by atoms with van der Waals surface area (Å²) in [5.41, 5.74) is 3.53. The number of alkyl halides is 8. The van der Waals surface area contributed by atoms with Crippen LogP contribution in [0.1, 0.15) is 72.6 Å². The maximum absolute atomic E-state index is 13.3. The first-order chi connectivity index (χ1) is 16.9. The van der Waals surface area contributed by atoms with Crippen molar-refractivity contribution in [2.24, 2.45) is 0 Å². The van der Waals surface area contributed by atoms with Gasteiger partial charge in [-0.15, -0.1) is 0 Å². The molecule has 0 bridgehead atoms. The number of rotatable bonds is 17. The summed E-state index contributed by atoms with van der Waals surface area (Å²) in [6, 6.07) is 0. The Labute approximate surface area is 211 Å². The maximum atomic E-state index is 13.3. The van der Waals surface area contributed by atoms with E-state index in [-0.39, 0.29) is 19.4 Å². The van der Waals surface area contributed by atoms with Crippen LogP contribution in [0.2, 0.25) is 0 Å². The van der Waals surface area contributed by atoms with Gasteiger partial charge in [-0.05, 0) is 65.9 Å². The smallest absolute Gasteiger partial charge is 0.381 e. The van der Waals surface area contributed by atoms with E-state index >= 15 is 0 Å². The quantitative estimate of drug-likeness (QED) is 0.105. The molecule has 0 aliphatic rings. The predicted octanol–water partition coefficient (Wildman–Crippen LogP) is 7.83. The topological polar surface area (TPSA) is 52.6 Å². The zero-order chi connectivity index (χ0) is 28.9. The molecule has 0 aromatic carbocycles. The molecule has 0 aliphatic heterocycles. The van der Waals surface area contributed by atoms with Crippen molar-refractivity contribution in [3.63, 3.8) is 0 Å². The molecule has 214 valence electrons. The summed E-state index contributed by atoms with van der Waals surface area (Å²) >= 11 is 0. The molecule has 0 heterocycles. The van der Waals surface area contributed by atoms with Gasteiger partial charge in [0, 0.05) is 12.8 Å². The Kier molecular flexibility index (Phi) is 14.7. The third-order valence-electron chi connectivity index (χ3n) is 5.13. The van der Waals surface area contributed by atoms with Crippen molar-refractivity contribution in [3.05, 3.63) is 34.9 Å². The largest absolute Gasteiger partial charge is 0.461 e. The fraction of sp³-hybridized carbons (Fsp3) is 0.680. The lowest BCUT2D eigenvalue weighted by atomic mass is 10.1. The van der Waals surface area contributed by atoms with Crippen LogP contribution in [0.25, 0.3) is 0 Å². The first-order valence-corrected chi connectivity index (χ1v) is 11.6. The number of carbonyl (C=O) groups is 2. The molecule has 0 unspecified atom stereocenters. The Morgan fingerprint density at radius 3 is 1.73 bits per heavy atom. The molecule has 0 aromatic rings. The first kappa shape index (κ1) is 34.6. The highest BCUT2D eigenvalue weighted by atomic mass is 19.4. The minimum absolute atomic E-state index is 0.0297. The fourth-order valence-corrected chi connectivity index (χ4v) is 2.78. The lowest BCUT2D eigenvalue weighted by molar-refractivity contribution is -0.344. The average molecular weight is 551 g/mol. The van der Waals surface area contributed by atoms with Crippen LogP contribution in [0, 0.1) is 0 Å². The molecule has 0 aromatic heterocycles. The van der Waals surface area contributed by atoms with Crippen LogP contribution >= 0.6 is 0 Å². The van der Waals surface area contributed by atoms with Gasteiger partial charge in [-0.1, -0.05) is 28.9 Å². The van der Waals surface area contributed by atoms with Crippen molar-refractivity contribution in [2.45, 2.75) is 96.8 Å². The third-order valence-corrected chi connectivity index (χ3v) is 5.13. The summed E-state index contributed by atoms with van der Waals surface area (Å²) in [5, 5.41) is 0. The standard InChI is InChI=1S/C25H34F8O4/c1-17(2)8-5-9-18(3)10-6-11-19(4)14-15-36-20(34)12-7-13-21(35)37-16-23(28,29)25(32,33)24(30,31)22(26)27/h8,10,14,22H,5-7,9,11-13,15-16H2,1-4H3/b18-10+,19-14+. The second kappa shape index (κ2) is 15.8. The fourth-order valence-electron chi connectivity index (χ4n) is 2.78. The Bertz CT molecular complexity index is 829. The monoisotopic (exact) mass is 550 g/mol. The van der Waals surface area contributed by atoms with Crippen LogP contribution in [-0.2, 0) is 19.1 Å². The van der Waals surface area contributed by atoms with E-state index in [1.54, 1.807) is 6.08 Å². The minimum atomic E-state index is -6.45. The number of hydrogen-bond donors (Lipinski definition) is 0. The molecule has 0 N–H and O–H groups in total. The molecule has 0 atom stereocenters. The van der Waals surface area contributed by atoms with E-state index in [0.29, 0.717) is 0 Å². The summed E-state index contributed by atoms with van der Waals surface area (Å²) in [6.07, 6.45) is 3.23. The minimum Gasteiger partial charge on any atom is -0.461 e. The van der Waals surface area contributed by atoms with Crippen molar-refractivity contribution < 1.29 is 54.2 Å². The maximum Gasteiger partial charge on any atom is 0.381 e. The van der Waals surface area contributed by atoms with Crippen molar-refractivity contribution in [3.8, 4) is 0 Å². The Balaban J connectivity index is 4.31. The van der Waals surface area contributed by atoms with Crippen LogP contribution in [0.3, 0.4) is 0 Å². The molecule has 0 aliphatic carbocycles. The van der Waals surface area contributed by atoms with Gasteiger partial charge in [0.15, 0.2) is 6.61 Å². The van der Waals surface area contributed by atoms with E-state index in [4.69, 9.17) is 4.74 Å². The van der Waals surface area contributed by atoms with E-state index in [2.05, 4.69) is 23.8 Å². The summed E-state index contributed by atoms with van der Waals surface area (Å²) in [5.74, 6) is -20.7. The number of hydrogen-bond acceptors (Lipinski definition) is 4. The molecular formula is C25H34F8O4. The number of carbonyl (C=O) groups excluding carboxylic acids is 2. The molecule has 4 nitrogen and oxygen atoms in total. The zero-order valence-electron chi connectivity index (χ0n) is 21.3. The second-order valence-electron chi connectivity index (χ2n) is 8.86. The molecule has 0 saturated carbocycles. The zero-order valence-corrected chi connectivity index (χ0v) is 21.3. The Morgan fingerprint density at radius 1 is 0.730 bits per heavy atom. The number of allylic oxidation sites excluding steroid dienone is 5. The highest BCUT2D eigenvalue weighted by Crippen LogP contribution is 2.48. The molecular weight excluding hydrogens is 516 g/mol. The molecule has 0 fully saturated rings. The Hall–Kier alpha value is -2.40. The summed E-state index contributed by atoms with van der Waals surface area (Å²) in [7, 11) is 0. The number of esters is 2. The second-order valence-corrected chi connectivity index (χ2v) is 8.86. The van der Waals surface area contributed by atoms with Gasteiger partial charge < -0.3 is 9.47 Å². The highest BCUT2D eigenvalue weighted by molar-refractivity contribution is 5.72. The average Bonchev–Trinajstić information content (AvgIpc) is 2.77. The molecule has 12 heteroatoms. The summed E-state index contributed by atoms with van der Waals surface area (Å²) < 4.78 is 111. The van der Waals surface area contributed by atoms with Crippen LogP contribution in [0.4, 0.5) is 35.1 Å². The van der Waals surface area contributed by atoms with Gasteiger partial charge in [-0.2, -0.15) is 26.3 Å². The first-order valence-electron chi connectivity index (χ1n) is 11.6. The van der Waals surface area contributed by atoms with E-state index in [1.165, 1.54) is 11.1 Å². The van der Waals surface area contributed by atoms with E-state index < -0.39 is 49.2 Å². The molecule has 0 saturated heterocycles. The molecule has 0 spiro atoms. The molecule has 37 heavy (non-hydrogen) atoms. The van der Waals surface area contributed by atoms with Crippen molar-refractivity contribution in [1.29, 1.82) is 0 Å². The van der Waals surface area contributed by atoms with Gasteiger partial charge >= 0.3 is 36.1 Å². The molecule has 0 radical (unpaired) electrons. The normalized spacial score (nSPS) is 13.5. The SMILES string of the molecule is CC(C)=CCC/C(C)=C/CC/C(C)=C/COC(=O)CCCC(=O)OCC(F)(F)C(F)(F)C(F)(F)C(F)F. The lowest BCUT2D eigenvalue weighted by Crippen LogP contribution is -2.59. The summed E-state index contributed by atoms with van der Waals surface area (Å²) in [4.78, 5) is 23.1. The van der Waals surface area contributed by atoms with E-state index in [9.17, 15) is 44.7 Å². The molecule has 0 amide bonds. The predicted molar refractivity (Wildman–Crippen MR) is 122 cm³/mol. The van der Waals surface area contributed by atoms with Crippen LogP contribution in [0.15, 0.2) is 34.9 Å². The van der Waals surface area contributed by atoms with Crippen LogP contribution in [0.5, 0.6) is 0 Å². The van der Waals surface area contributed by atoms with Gasteiger partial charge in [0.2, 0.25) is 0 Å². The van der Waals surface area contributed by atoms with Gasteiger partial charge in [-0.25, -0.2) is 8.78 Å². The number of halogens is 8. The molecule has 0 rings (SSSR count). The van der Waals surface area contributed by atoms with Gasteiger partial charge in [0.05, 0.1) is 0 Å². The summed E-state index contributed by atoms with van der Waals surface area (Å²) in [6.45, 7) is 5.46. The van der Waals surface area contributed by atoms with E-state index in [1.807, 2.05) is 20.8 Å². The van der Waals surface area contributed by atoms with Crippen LogP contribution < -0.4 is 0 Å².